The van der Waals surface area contributed by atoms with Gasteiger partial charge in [-0.15, -0.1) is 5.10 Å². The second-order valence-corrected chi connectivity index (χ2v) is 1.73. The summed E-state index contributed by atoms with van der Waals surface area (Å²) >= 11 is 0. The van der Waals surface area contributed by atoms with Gasteiger partial charge in [-0.05, 0) is 0 Å². The van der Waals surface area contributed by atoms with Crippen molar-refractivity contribution in [3.8, 4) is 11.5 Å². The minimum Gasteiger partial charge on any atom is -0.345 e. The van der Waals surface area contributed by atoms with Gasteiger partial charge in [0.2, 0.25) is 5.82 Å². The normalized spacial score (nSPS) is 10.2. The Hall–Kier alpha value is -1.92. The molecule has 0 aliphatic rings. The van der Waals surface area contributed by atoms with Crippen LogP contribution in [0.5, 0.6) is 0 Å². The fraction of sp³-hybridized carbons (Fsp3) is 0. The van der Waals surface area contributed by atoms with E-state index in [4.69, 9.17) is 0 Å². The van der Waals surface area contributed by atoms with E-state index in [2.05, 4.69) is 29.6 Å². The lowest BCUT2D eigenvalue weighted by molar-refractivity contribution is 0.387. The third kappa shape index (κ3) is 0.914. The fourth-order valence-corrected chi connectivity index (χ4v) is 0.608. The van der Waals surface area contributed by atoms with Crippen LogP contribution in [0.4, 0.5) is 0 Å². The van der Waals surface area contributed by atoms with Crippen molar-refractivity contribution in [2.75, 3.05) is 0 Å². The minimum atomic E-state index is -0.636. The largest absolute Gasteiger partial charge is 0.439 e. The molecule has 2 rings (SSSR count). The van der Waals surface area contributed by atoms with E-state index >= 15 is 0 Å². The van der Waals surface area contributed by atoms with E-state index in [1.807, 2.05) is 0 Å². The van der Waals surface area contributed by atoms with Crippen LogP contribution in [0.3, 0.4) is 0 Å². The topological polar surface area (TPSA) is 97.8 Å². The van der Waals surface area contributed by atoms with Crippen molar-refractivity contribution in [1.82, 2.24) is 20.5 Å². The first-order valence-corrected chi connectivity index (χ1v) is 2.69. The molecule has 0 bridgehead atoms. The highest BCUT2D eigenvalue weighted by atomic mass is 16.5. The summed E-state index contributed by atoms with van der Waals surface area (Å²) in [5.41, 5.74) is 0.329. The molecule has 7 nitrogen and oxygen atoms in total. The SMILES string of the molecule is O=c1[nH]c(-c2conn2)no1. The summed E-state index contributed by atoms with van der Waals surface area (Å²) in [5.74, 6) is -0.431. The minimum absolute atomic E-state index is 0.205. The molecule has 0 radical (unpaired) electrons. The van der Waals surface area contributed by atoms with Crippen LogP contribution in [0, 0.1) is 0 Å². The van der Waals surface area contributed by atoms with Crippen molar-refractivity contribution < 1.29 is 9.05 Å². The van der Waals surface area contributed by atoms with Gasteiger partial charge in [-0.25, -0.2) is 4.79 Å². The Morgan fingerprint density at radius 1 is 1.55 bits per heavy atom. The average molecular weight is 154 g/mol. The first-order chi connectivity index (χ1) is 5.36. The molecule has 0 amide bonds. The standard InChI is InChI=1S/C4H2N4O3/c9-4-5-3(7-11-4)2-1-10-8-6-2/h1H,(H,5,7,9). The Labute approximate surface area is 59.0 Å². The summed E-state index contributed by atoms with van der Waals surface area (Å²) in [5, 5.41) is 10.0. The summed E-state index contributed by atoms with van der Waals surface area (Å²) in [4.78, 5) is 12.7. The molecule has 0 saturated carbocycles. The van der Waals surface area contributed by atoms with Gasteiger partial charge in [0.25, 0.3) is 0 Å². The first kappa shape index (κ1) is 5.83. The van der Waals surface area contributed by atoms with Crippen LogP contribution in [-0.2, 0) is 0 Å². The number of hydrogen-bond acceptors (Lipinski definition) is 6. The molecule has 0 saturated heterocycles. The average Bonchev–Trinajstić information content (AvgIpc) is 2.55. The van der Waals surface area contributed by atoms with Gasteiger partial charge in [0.15, 0.2) is 12.0 Å². The highest BCUT2D eigenvalue weighted by Gasteiger charge is 2.06. The van der Waals surface area contributed by atoms with Crippen molar-refractivity contribution in [3.05, 3.63) is 16.8 Å². The van der Waals surface area contributed by atoms with Crippen molar-refractivity contribution >= 4 is 0 Å². The summed E-state index contributed by atoms with van der Waals surface area (Å²) < 4.78 is 8.63. The van der Waals surface area contributed by atoms with Crippen molar-refractivity contribution in [3.63, 3.8) is 0 Å². The van der Waals surface area contributed by atoms with E-state index in [1.165, 1.54) is 6.26 Å². The molecule has 0 aliphatic carbocycles. The highest BCUT2D eigenvalue weighted by Crippen LogP contribution is 2.05. The second-order valence-electron chi connectivity index (χ2n) is 1.73. The molecule has 0 atom stereocenters. The predicted octanol–water partition coefficient (Wildman–Crippen LogP) is -0.587. The molecule has 11 heavy (non-hydrogen) atoms. The van der Waals surface area contributed by atoms with E-state index in [0.29, 0.717) is 5.69 Å². The number of nitrogens with one attached hydrogen (secondary N) is 1. The van der Waals surface area contributed by atoms with Crippen molar-refractivity contribution in [1.29, 1.82) is 0 Å². The zero-order valence-electron chi connectivity index (χ0n) is 5.14. The molecule has 0 aromatic carbocycles. The Morgan fingerprint density at radius 2 is 2.45 bits per heavy atom. The molecule has 2 heterocycles. The molecule has 1 N–H and O–H groups in total. The van der Waals surface area contributed by atoms with Crippen LogP contribution in [0.25, 0.3) is 11.5 Å². The molecule has 0 fully saturated rings. The quantitative estimate of drug-likeness (QED) is 0.589. The van der Waals surface area contributed by atoms with Gasteiger partial charge in [0.05, 0.1) is 0 Å². The number of aromatic amines is 1. The number of nitrogens with zero attached hydrogens (tertiary/aromatic N) is 3. The number of rotatable bonds is 1. The van der Waals surface area contributed by atoms with Crippen molar-refractivity contribution in [2.45, 2.75) is 0 Å². The molecule has 2 aromatic heterocycles. The van der Waals surface area contributed by atoms with Gasteiger partial charge in [0, 0.05) is 5.27 Å². The summed E-state index contributed by atoms with van der Waals surface area (Å²) in [6.07, 6.45) is 1.24. The monoisotopic (exact) mass is 154 g/mol. The molecule has 2 aromatic rings. The van der Waals surface area contributed by atoms with Crippen LogP contribution in [0.1, 0.15) is 0 Å². The smallest absolute Gasteiger partial charge is 0.345 e. The molecule has 0 unspecified atom stereocenters. The number of hydrogen-bond donors (Lipinski definition) is 1. The van der Waals surface area contributed by atoms with Gasteiger partial charge in [0.1, 0.15) is 0 Å². The van der Waals surface area contributed by atoms with Gasteiger partial charge < -0.3 is 4.52 Å². The van der Waals surface area contributed by atoms with E-state index in [9.17, 15) is 4.79 Å². The Bertz CT molecular complexity index is 385. The van der Waals surface area contributed by atoms with Crippen LogP contribution in [0.15, 0.2) is 20.1 Å². The third-order valence-electron chi connectivity index (χ3n) is 1.04. The lowest BCUT2D eigenvalue weighted by Crippen LogP contribution is -1.94. The van der Waals surface area contributed by atoms with Crippen LogP contribution in [-0.4, -0.2) is 20.5 Å². The first-order valence-electron chi connectivity index (χ1n) is 2.69. The maximum atomic E-state index is 10.4. The molecule has 56 valence electrons. The number of aromatic nitrogens is 4. The Balaban J connectivity index is 2.53. The Morgan fingerprint density at radius 3 is 3.00 bits per heavy atom. The van der Waals surface area contributed by atoms with Crippen LogP contribution in [0.2, 0.25) is 0 Å². The molecule has 7 heteroatoms. The summed E-state index contributed by atoms with van der Waals surface area (Å²) in [7, 11) is 0. The van der Waals surface area contributed by atoms with Gasteiger partial charge in [-0.3, -0.25) is 9.51 Å². The zero-order valence-corrected chi connectivity index (χ0v) is 5.14. The second kappa shape index (κ2) is 2.04. The highest BCUT2D eigenvalue weighted by molar-refractivity contribution is 5.43. The van der Waals surface area contributed by atoms with Crippen molar-refractivity contribution in [2.24, 2.45) is 0 Å². The van der Waals surface area contributed by atoms with E-state index in [0.717, 1.165) is 0 Å². The van der Waals surface area contributed by atoms with Gasteiger partial charge in [-0.2, -0.15) is 0 Å². The third-order valence-corrected chi connectivity index (χ3v) is 1.04. The maximum Gasteiger partial charge on any atom is 0.439 e. The molecule has 0 spiro atoms. The summed E-state index contributed by atoms with van der Waals surface area (Å²) in [6.45, 7) is 0. The van der Waals surface area contributed by atoms with E-state index in [1.54, 1.807) is 0 Å². The molecular weight excluding hydrogens is 152 g/mol. The molecular formula is C4H2N4O3. The van der Waals surface area contributed by atoms with E-state index in [-0.39, 0.29) is 5.82 Å². The number of H-pyrrole nitrogens is 1. The lowest BCUT2D eigenvalue weighted by atomic mass is 10.5. The predicted molar refractivity (Wildman–Crippen MR) is 30.4 cm³/mol. The summed E-state index contributed by atoms with van der Waals surface area (Å²) in [6, 6.07) is 0. The van der Waals surface area contributed by atoms with Crippen LogP contribution >= 0.6 is 0 Å². The Kier molecular flexibility index (Phi) is 1.08. The lowest BCUT2D eigenvalue weighted by Gasteiger charge is -1.76. The van der Waals surface area contributed by atoms with E-state index < -0.39 is 5.76 Å². The van der Waals surface area contributed by atoms with Gasteiger partial charge >= 0.3 is 5.76 Å². The van der Waals surface area contributed by atoms with Crippen LogP contribution < -0.4 is 5.76 Å². The van der Waals surface area contributed by atoms with Gasteiger partial charge in [-0.1, -0.05) is 5.16 Å². The fourth-order valence-electron chi connectivity index (χ4n) is 0.608. The maximum absolute atomic E-state index is 10.4. The molecule has 0 aliphatic heterocycles. The zero-order chi connectivity index (χ0) is 7.68.